The van der Waals surface area contributed by atoms with Gasteiger partial charge >= 0.3 is 0 Å². The standard InChI is InChI=1S/C25H53NO4Si3/c1-23(2,3)32(13,14)29-21(17-18-31(10,11)12)19-25(7,20-22(27)26(8)28-9)30-33(15,16)24(4,5)6/h21H,19-20H2,1-16H3/t21-,25-/m0/s1. The number of hydrogen-bond donors (Lipinski definition) is 0. The second kappa shape index (κ2) is 11.1. The molecule has 0 radical (unpaired) electrons. The Morgan fingerprint density at radius 1 is 0.879 bits per heavy atom. The molecule has 0 heterocycles. The lowest BCUT2D eigenvalue weighted by molar-refractivity contribution is -0.173. The lowest BCUT2D eigenvalue weighted by Crippen LogP contribution is -2.52. The number of carbonyl (C=O) groups is 1. The largest absolute Gasteiger partial charge is 0.411 e. The maximum atomic E-state index is 12.9. The van der Waals surface area contributed by atoms with Crippen LogP contribution in [0.1, 0.15) is 61.3 Å². The Kier molecular flexibility index (Phi) is 10.9. The van der Waals surface area contributed by atoms with E-state index in [0.717, 1.165) is 0 Å². The molecule has 0 aromatic carbocycles. The Hall–Kier alpha value is -0.439. The zero-order chi connectivity index (χ0) is 26.7. The third-order valence-electron chi connectivity index (χ3n) is 6.93. The molecule has 33 heavy (non-hydrogen) atoms. The van der Waals surface area contributed by atoms with E-state index in [-0.39, 0.29) is 28.5 Å². The summed E-state index contributed by atoms with van der Waals surface area (Å²) in [4.78, 5) is 18.1. The van der Waals surface area contributed by atoms with Crippen molar-refractivity contribution < 1.29 is 18.5 Å². The van der Waals surface area contributed by atoms with Gasteiger partial charge in [-0.3, -0.25) is 9.63 Å². The molecule has 1 amide bonds. The van der Waals surface area contributed by atoms with Crippen molar-refractivity contribution in [1.82, 2.24) is 5.06 Å². The predicted octanol–water partition coefficient (Wildman–Crippen LogP) is 6.84. The van der Waals surface area contributed by atoms with Gasteiger partial charge in [-0.1, -0.05) is 67.1 Å². The number of nitrogens with zero attached hydrogens (tertiary/aromatic N) is 1. The minimum Gasteiger partial charge on any atom is -0.411 e. The first-order valence-corrected chi connectivity index (χ1v) is 21.4. The summed E-state index contributed by atoms with van der Waals surface area (Å²) in [5.74, 6) is 3.38. The van der Waals surface area contributed by atoms with Gasteiger partial charge < -0.3 is 8.85 Å². The summed E-state index contributed by atoms with van der Waals surface area (Å²) in [6.07, 6.45) is 0.482. The summed E-state index contributed by atoms with van der Waals surface area (Å²) in [5.41, 5.74) is 2.81. The number of amides is 1. The number of carbonyl (C=O) groups excluding carboxylic acids is 1. The van der Waals surface area contributed by atoms with Crippen LogP contribution < -0.4 is 0 Å². The van der Waals surface area contributed by atoms with Crippen molar-refractivity contribution in [2.45, 2.75) is 129 Å². The van der Waals surface area contributed by atoms with Gasteiger partial charge in [-0.2, -0.15) is 0 Å². The highest BCUT2D eigenvalue weighted by Gasteiger charge is 2.46. The first-order valence-electron chi connectivity index (χ1n) is 12.1. The molecule has 0 aromatic heterocycles. The lowest BCUT2D eigenvalue weighted by Gasteiger charge is -2.46. The lowest BCUT2D eigenvalue weighted by atomic mass is 9.94. The van der Waals surface area contributed by atoms with Crippen LogP contribution in [0.2, 0.25) is 55.9 Å². The summed E-state index contributed by atoms with van der Waals surface area (Å²) in [6, 6.07) is 0. The quantitative estimate of drug-likeness (QED) is 0.192. The monoisotopic (exact) mass is 515 g/mol. The minimum absolute atomic E-state index is 0.0181. The Morgan fingerprint density at radius 2 is 1.33 bits per heavy atom. The third-order valence-corrected chi connectivity index (χ3v) is 16.9. The van der Waals surface area contributed by atoms with Gasteiger partial charge in [0.15, 0.2) is 16.6 Å². The fourth-order valence-electron chi connectivity index (χ4n) is 2.80. The van der Waals surface area contributed by atoms with E-state index in [2.05, 4.69) is 98.8 Å². The van der Waals surface area contributed by atoms with E-state index in [1.165, 1.54) is 12.2 Å². The fraction of sp³-hybridized carbons (Fsp3) is 0.880. The van der Waals surface area contributed by atoms with Crippen molar-refractivity contribution in [3.8, 4) is 11.5 Å². The molecule has 0 aromatic rings. The first kappa shape index (κ1) is 32.6. The van der Waals surface area contributed by atoms with Crippen LogP contribution in [0.5, 0.6) is 0 Å². The van der Waals surface area contributed by atoms with E-state index < -0.39 is 30.3 Å². The highest BCUT2D eigenvalue weighted by molar-refractivity contribution is 6.83. The van der Waals surface area contributed by atoms with Gasteiger partial charge in [0.05, 0.1) is 19.1 Å². The van der Waals surface area contributed by atoms with E-state index in [0.29, 0.717) is 6.42 Å². The van der Waals surface area contributed by atoms with Crippen LogP contribution in [-0.4, -0.2) is 61.5 Å². The van der Waals surface area contributed by atoms with E-state index in [1.54, 1.807) is 7.05 Å². The molecule has 5 nitrogen and oxygen atoms in total. The minimum atomic E-state index is -2.17. The Labute approximate surface area is 208 Å². The Balaban J connectivity index is 6.38. The van der Waals surface area contributed by atoms with Crippen LogP contribution in [0.3, 0.4) is 0 Å². The predicted molar refractivity (Wildman–Crippen MR) is 149 cm³/mol. The maximum absolute atomic E-state index is 12.9. The molecule has 0 N–H and O–H groups in total. The average molecular weight is 516 g/mol. The molecule has 0 fully saturated rings. The zero-order valence-electron chi connectivity index (χ0n) is 24.6. The van der Waals surface area contributed by atoms with Gasteiger partial charge in [0, 0.05) is 13.5 Å². The van der Waals surface area contributed by atoms with Crippen LogP contribution in [0, 0.1) is 11.5 Å². The molecule has 0 bridgehead atoms. The second-order valence-corrected chi connectivity index (χ2v) is 27.9. The van der Waals surface area contributed by atoms with Crippen LogP contribution in [-0.2, 0) is 18.5 Å². The van der Waals surface area contributed by atoms with Crippen molar-refractivity contribution >= 4 is 30.6 Å². The number of hydroxylamine groups is 2. The van der Waals surface area contributed by atoms with Crippen molar-refractivity contribution in [2.24, 2.45) is 0 Å². The van der Waals surface area contributed by atoms with E-state index in [1.807, 2.05) is 6.92 Å². The second-order valence-electron chi connectivity index (χ2n) is 13.7. The smallest absolute Gasteiger partial charge is 0.248 e. The summed E-state index contributed by atoms with van der Waals surface area (Å²) in [7, 11) is -2.70. The highest BCUT2D eigenvalue weighted by Crippen LogP contribution is 2.42. The maximum Gasteiger partial charge on any atom is 0.248 e. The molecule has 0 aliphatic carbocycles. The van der Waals surface area contributed by atoms with Crippen LogP contribution in [0.25, 0.3) is 0 Å². The number of rotatable bonds is 9. The molecule has 8 heteroatoms. The summed E-state index contributed by atoms with van der Waals surface area (Å²) in [5, 5.41) is 1.36. The van der Waals surface area contributed by atoms with Crippen molar-refractivity contribution in [1.29, 1.82) is 0 Å². The fourth-order valence-corrected chi connectivity index (χ4v) is 6.29. The van der Waals surface area contributed by atoms with Crippen LogP contribution in [0.15, 0.2) is 0 Å². The molecule has 0 saturated heterocycles. The SMILES string of the molecule is CON(C)C(=O)C[C@](C)(C[C@H](C#C[Si](C)(C)C)O[Si](C)(C)C(C)(C)C)O[Si](C)(C)C(C)(C)C. The van der Waals surface area contributed by atoms with Crippen LogP contribution in [0.4, 0.5) is 0 Å². The van der Waals surface area contributed by atoms with E-state index in [9.17, 15) is 4.79 Å². The van der Waals surface area contributed by atoms with Gasteiger partial charge in [0.1, 0.15) is 14.2 Å². The van der Waals surface area contributed by atoms with Gasteiger partial charge in [0.25, 0.3) is 0 Å². The molecule has 0 rings (SSSR count). The molecular weight excluding hydrogens is 463 g/mol. The molecule has 0 spiro atoms. The first-order chi connectivity index (χ1) is 14.4. The molecule has 2 atom stereocenters. The Bertz CT molecular complexity index is 721. The summed E-state index contributed by atoms with van der Waals surface area (Å²) in [6.45, 7) is 31.1. The summed E-state index contributed by atoms with van der Waals surface area (Å²) >= 11 is 0. The topological polar surface area (TPSA) is 48.0 Å². The molecular formula is C25H53NO4Si3. The molecule has 0 unspecified atom stereocenters. The Morgan fingerprint density at radius 3 is 1.70 bits per heavy atom. The van der Waals surface area contributed by atoms with Crippen molar-refractivity contribution in [3.05, 3.63) is 0 Å². The molecule has 0 aliphatic rings. The van der Waals surface area contributed by atoms with Gasteiger partial charge in [0.2, 0.25) is 5.91 Å². The van der Waals surface area contributed by atoms with Crippen molar-refractivity contribution in [3.63, 3.8) is 0 Å². The van der Waals surface area contributed by atoms with E-state index >= 15 is 0 Å². The van der Waals surface area contributed by atoms with Crippen molar-refractivity contribution in [2.75, 3.05) is 14.2 Å². The summed E-state index contributed by atoms with van der Waals surface area (Å²) < 4.78 is 13.8. The van der Waals surface area contributed by atoms with Gasteiger partial charge in [-0.05, 0) is 43.2 Å². The highest BCUT2D eigenvalue weighted by atomic mass is 28.4. The third kappa shape index (κ3) is 10.8. The number of hydrogen-bond acceptors (Lipinski definition) is 4. The van der Waals surface area contributed by atoms with Gasteiger partial charge in [-0.25, -0.2) is 5.06 Å². The molecule has 0 aliphatic heterocycles. The van der Waals surface area contributed by atoms with Gasteiger partial charge in [-0.15, -0.1) is 5.54 Å². The van der Waals surface area contributed by atoms with E-state index in [4.69, 9.17) is 13.7 Å². The average Bonchev–Trinajstić information content (AvgIpc) is 2.55. The normalized spacial score (nSPS) is 16.5. The zero-order valence-corrected chi connectivity index (χ0v) is 27.6. The molecule has 194 valence electrons. The molecule has 0 saturated carbocycles. The van der Waals surface area contributed by atoms with Crippen LogP contribution >= 0.6 is 0 Å².